The molecule has 4 heteroatoms. The van der Waals surface area contributed by atoms with Crippen LogP contribution in [0.25, 0.3) is 0 Å². The summed E-state index contributed by atoms with van der Waals surface area (Å²) < 4.78 is 11.6. The first-order valence-corrected chi connectivity index (χ1v) is 24.3. The van der Waals surface area contributed by atoms with Gasteiger partial charge in [0.2, 0.25) is 0 Å². The van der Waals surface area contributed by atoms with Crippen molar-refractivity contribution in [1.29, 1.82) is 0 Å². The summed E-state index contributed by atoms with van der Waals surface area (Å²) in [5.41, 5.74) is 3.44. The summed E-state index contributed by atoms with van der Waals surface area (Å²) in [4.78, 5) is 8.25. The zero-order chi connectivity index (χ0) is 29.6. The standard InChI is InChI=1S/C26H25N2O.3C4H9.Sn/c1-25(2)19-29-24(27-25)23-18-28(23)26(20-12-6-3-7-13-20,21-14-8-4-9-15-21)22-16-10-5-11-17-22;3*1-3-4-2;/h3-18,23H,19H2,1-2H3;3*1,3-4H2,2H3;/t23-,28?;;;;/m0..../s1. The number of unbranched alkanes of at least 4 members (excludes halogenated alkanes) is 3. The summed E-state index contributed by atoms with van der Waals surface area (Å²) in [5.74, 6) is 1.00. The van der Waals surface area contributed by atoms with Crippen LogP contribution >= 0.6 is 0 Å². The minimum absolute atomic E-state index is 0.169. The van der Waals surface area contributed by atoms with Gasteiger partial charge in [0.15, 0.2) is 0 Å². The number of benzene rings is 3. The van der Waals surface area contributed by atoms with Gasteiger partial charge in [-0.05, 0) is 0 Å². The molecule has 0 spiro atoms. The number of aliphatic imine (C=N–C) groups is 1. The summed E-state index contributed by atoms with van der Waals surface area (Å²) in [6, 6.07) is 34.2. The Hall–Kier alpha value is -2.11. The summed E-state index contributed by atoms with van der Waals surface area (Å²) >= 11 is -2.84. The molecule has 3 atom stereocenters. The molecular weight excluding hydrogens is 619 g/mol. The quantitative estimate of drug-likeness (QED) is 0.0914. The van der Waals surface area contributed by atoms with Crippen molar-refractivity contribution < 1.29 is 4.74 Å². The summed E-state index contributed by atoms with van der Waals surface area (Å²) in [5, 5.41) is 0. The fraction of sp³-hybridized carbons (Fsp3) is 0.500. The van der Waals surface area contributed by atoms with Gasteiger partial charge in [-0.15, -0.1) is 0 Å². The maximum atomic E-state index is 6.61. The van der Waals surface area contributed by atoms with Crippen LogP contribution in [0.1, 0.15) is 89.8 Å². The molecule has 2 aliphatic rings. The van der Waals surface area contributed by atoms with Crippen LogP contribution in [0.4, 0.5) is 0 Å². The molecule has 2 heterocycles. The fourth-order valence-corrected chi connectivity index (χ4v) is 26.6. The van der Waals surface area contributed by atoms with Crippen LogP contribution in [-0.2, 0) is 10.3 Å². The number of nitrogens with zero attached hydrogens (tertiary/aromatic N) is 2. The summed E-state index contributed by atoms with van der Waals surface area (Å²) in [6.45, 7) is 12.3. The number of hydrogen-bond acceptors (Lipinski definition) is 3. The second-order valence-corrected chi connectivity index (χ2v) is 27.1. The van der Waals surface area contributed by atoms with Gasteiger partial charge in [0.05, 0.1) is 0 Å². The van der Waals surface area contributed by atoms with Crippen molar-refractivity contribution in [2.75, 3.05) is 6.61 Å². The zero-order valence-corrected chi connectivity index (χ0v) is 29.5. The van der Waals surface area contributed by atoms with E-state index in [0.29, 0.717) is 10.7 Å². The maximum absolute atomic E-state index is 6.61. The predicted octanol–water partition coefficient (Wildman–Crippen LogP) is 9.63. The third kappa shape index (κ3) is 6.11. The van der Waals surface area contributed by atoms with E-state index in [1.807, 2.05) is 0 Å². The van der Waals surface area contributed by atoms with Gasteiger partial charge < -0.3 is 0 Å². The Morgan fingerprint density at radius 2 is 1.12 bits per heavy atom. The first-order chi connectivity index (χ1) is 20.4. The molecular formula is C38H52N2OSn. The third-order valence-corrected chi connectivity index (χ3v) is 26.6. The normalized spacial score (nSPS) is 21.5. The Bertz CT molecular complexity index is 1170. The first-order valence-electron chi connectivity index (χ1n) is 16.6. The van der Waals surface area contributed by atoms with Gasteiger partial charge in [-0.2, -0.15) is 0 Å². The van der Waals surface area contributed by atoms with E-state index in [2.05, 4.69) is 131 Å². The molecule has 0 amide bonds. The molecule has 1 saturated heterocycles. The van der Waals surface area contributed by atoms with E-state index in [9.17, 15) is 0 Å². The summed E-state index contributed by atoms with van der Waals surface area (Å²) in [7, 11) is 0. The van der Waals surface area contributed by atoms with Crippen molar-refractivity contribution in [2.45, 2.75) is 108 Å². The van der Waals surface area contributed by atoms with Gasteiger partial charge in [-0.1, -0.05) is 0 Å². The van der Waals surface area contributed by atoms with Crippen LogP contribution in [0.5, 0.6) is 0 Å². The molecule has 1 unspecified atom stereocenters. The van der Waals surface area contributed by atoms with Crippen molar-refractivity contribution >= 4 is 24.3 Å². The van der Waals surface area contributed by atoms with Crippen LogP contribution in [0.15, 0.2) is 96.0 Å². The SMILES string of the molecule is CCC[CH2][Sn]([CH2]CCC)([CH2]CCC)[C@H]1[C@@H](C2=NC(C)(C)CO2)N1C(c1ccccc1)(c1ccccc1)c1ccccc1. The Kier molecular flexibility index (Phi) is 10.2. The van der Waals surface area contributed by atoms with E-state index in [1.54, 1.807) is 0 Å². The monoisotopic (exact) mass is 672 g/mol. The van der Waals surface area contributed by atoms with Crippen LogP contribution < -0.4 is 0 Å². The predicted molar refractivity (Wildman–Crippen MR) is 181 cm³/mol. The van der Waals surface area contributed by atoms with Crippen molar-refractivity contribution in [2.24, 2.45) is 4.99 Å². The van der Waals surface area contributed by atoms with E-state index in [4.69, 9.17) is 9.73 Å². The molecule has 0 aromatic heterocycles. The zero-order valence-electron chi connectivity index (χ0n) is 26.7. The molecule has 42 heavy (non-hydrogen) atoms. The first kappa shape index (κ1) is 31.3. The Morgan fingerprint density at radius 3 is 1.45 bits per heavy atom. The van der Waals surface area contributed by atoms with Crippen molar-refractivity contribution in [1.82, 2.24) is 4.90 Å². The van der Waals surface area contributed by atoms with Gasteiger partial charge in [0.25, 0.3) is 0 Å². The molecule has 0 aliphatic carbocycles. The molecule has 0 saturated carbocycles. The van der Waals surface area contributed by atoms with E-state index in [0.717, 1.165) is 5.90 Å². The Morgan fingerprint density at radius 1 is 0.714 bits per heavy atom. The average molecular weight is 672 g/mol. The van der Waals surface area contributed by atoms with Crippen LogP contribution in [0.2, 0.25) is 13.3 Å². The van der Waals surface area contributed by atoms with Crippen molar-refractivity contribution in [3.8, 4) is 0 Å². The van der Waals surface area contributed by atoms with Crippen LogP contribution in [0, 0.1) is 0 Å². The number of hydrogen-bond donors (Lipinski definition) is 0. The molecule has 2 aliphatic heterocycles. The Balaban J connectivity index is 1.80. The van der Waals surface area contributed by atoms with Gasteiger partial charge in [0, 0.05) is 0 Å². The van der Waals surface area contributed by atoms with E-state index >= 15 is 0 Å². The third-order valence-electron chi connectivity index (χ3n) is 9.72. The molecule has 3 aromatic carbocycles. The van der Waals surface area contributed by atoms with Gasteiger partial charge in [0.1, 0.15) is 0 Å². The minimum atomic E-state index is -2.84. The van der Waals surface area contributed by atoms with E-state index in [-0.39, 0.29) is 11.6 Å². The molecule has 0 bridgehead atoms. The topological polar surface area (TPSA) is 24.6 Å². The van der Waals surface area contributed by atoms with Crippen LogP contribution in [0.3, 0.4) is 0 Å². The molecule has 0 N–H and O–H groups in total. The van der Waals surface area contributed by atoms with E-state index in [1.165, 1.54) is 68.5 Å². The molecule has 5 rings (SSSR count). The Labute approximate surface area is 259 Å². The van der Waals surface area contributed by atoms with E-state index < -0.39 is 23.9 Å². The molecule has 224 valence electrons. The van der Waals surface area contributed by atoms with Crippen LogP contribution in [-0.4, -0.2) is 51.4 Å². The second-order valence-electron chi connectivity index (χ2n) is 13.3. The average Bonchev–Trinajstić information content (AvgIpc) is 3.67. The summed E-state index contributed by atoms with van der Waals surface area (Å²) in [6.07, 6.45) is 7.90. The molecule has 3 nitrogen and oxygen atoms in total. The van der Waals surface area contributed by atoms with Gasteiger partial charge in [-0.25, -0.2) is 0 Å². The molecule has 0 radical (unpaired) electrons. The fourth-order valence-electron chi connectivity index (χ4n) is 7.69. The number of rotatable bonds is 15. The molecule has 3 aromatic rings. The van der Waals surface area contributed by atoms with Gasteiger partial charge >= 0.3 is 261 Å². The second kappa shape index (κ2) is 13.7. The number of ether oxygens (including phenoxy) is 1. The molecule has 1 fully saturated rings. The van der Waals surface area contributed by atoms with Crippen molar-refractivity contribution in [3.05, 3.63) is 108 Å². The van der Waals surface area contributed by atoms with Gasteiger partial charge in [-0.3, -0.25) is 0 Å². The van der Waals surface area contributed by atoms with Crippen molar-refractivity contribution in [3.63, 3.8) is 0 Å².